The van der Waals surface area contributed by atoms with Crippen molar-refractivity contribution in [3.8, 4) is 5.75 Å². The van der Waals surface area contributed by atoms with Crippen LogP contribution in [0.3, 0.4) is 0 Å². The van der Waals surface area contributed by atoms with Crippen molar-refractivity contribution in [2.45, 2.75) is 32.4 Å². The second kappa shape index (κ2) is 7.10. The van der Waals surface area contributed by atoms with Gasteiger partial charge in [0.2, 0.25) is 0 Å². The molecule has 2 aromatic rings. The molecule has 0 bridgehead atoms. The maximum atomic E-state index is 5.19. The molecule has 0 saturated heterocycles. The van der Waals surface area contributed by atoms with E-state index in [1.165, 1.54) is 11.1 Å². The van der Waals surface area contributed by atoms with Crippen molar-refractivity contribution in [3.63, 3.8) is 0 Å². The van der Waals surface area contributed by atoms with Gasteiger partial charge in [0.15, 0.2) is 0 Å². The number of aryl methyl sites for hydroxylation is 1. The lowest BCUT2D eigenvalue weighted by Crippen LogP contribution is -2.18. The Hall–Kier alpha value is -1.81. The molecule has 1 heterocycles. The minimum absolute atomic E-state index is 0.286. The van der Waals surface area contributed by atoms with Gasteiger partial charge in [0, 0.05) is 24.3 Å². The predicted octanol–water partition coefficient (Wildman–Crippen LogP) is 2.80. The summed E-state index contributed by atoms with van der Waals surface area (Å²) in [5.74, 6) is 0.894. The van der Waals surface area contributed by atoms with E-state index in [1.54, 1.807) is 7.11 Å². The fourth-order valence-electron chi connectivity index (χ4n) is 2.29. The van der Waals surface area contributed by atoms with Crippen LogP contribution in [0.25, 0.3) is 0 Å². The first-order valence-corrected chi connectivity index (χ1v) is 7.09. The van der Waals surface area contributed by atoms with Gasteiger partial charge >= 0.3 is 0 Å². The van der Waals surface area contributed by atoms with Crippen molar-refractivity contribution in [1.82, 2.24) is 15.1 Å². The fraction of sp³-hybridized carbons (Fsp3) is 0.438. The standard InChI is InChI=1S/C16H23N3O/c1-4-9-19-12-14(11-18-19)16(17-2)10-13-5-7-15(20-3)8-6-13/h5-8,11-12,16-17H,4,9-10H2,1-3H3. The summed E-state index contributed by atoms with van der Waals surface area (Å²) in [5.41, 5.74) is 2.52. The molecule has 1 aromatic carbocycles. The zero-order chi connectivity index (χ0) is 14.4. The molecular weight excluding hydrogens is 250 g/mol. The largest absolute Gasteiger partial charge is 0.497 e. The third-order valence-electron chi connectivity index (χ3n) is 3.46. The molecule has 0 amide bonds. The number of nitrogens with zero attached hydrogens (tertiary/aromatic N) is 2. The topological polar surface area (TPSA) is 39.1 Å². The SMILES string of the molecule is CCCn1cc(C(Cc2ccc(OC)cc2)NC)cn1. The molecule has 1 N–H and O–H groups in total. The van der Waals surface area contributed by atoms with Crippen LogP contribution >= 0.6 is 0 Å². The molecule has 108 valence electrons. The van der Waals surface area contributed by atoms with Crippen LogP contribution in [0.15, 0.2) is 36.7 Å². The van der Waals surface area contributed by atoms with Gasteiger partial charge in [-0.25, -0.2) is 0 Å². The summed E-state index contributed by atoms with van der Waals surface area (Å²) < 4.78 is 7.19. The average molecular weight is 273 g/mol. The number of hydrogen-bond acceptors (Lipinski definition) is 3. The van der Waals surface area contributed by atoms with Gasteiger partial charge in [-0.15, -0.1) is 0 Å². The molecule has 0 fully saturated rings. The lowest BCUT2D eigenvalue weighted by Gasteiger charge is -2.14. The summed E-state index contributed by atoms with van der Waals surface area (Å²) >= 11 is 0. The summed E-state index contributed by atoms with van der Waals surface area (Å²) in [6, 6.07) is 8.51. The van der Waals surface area contributed by atoms with Crippen molar-refractivity contribution >= 4 is 0 Å². The first-order chi connectivity index (χ1) is 9.76. The lowest BCUT2D eigenvalue weighted by atomic mass is 10.0. The molecule has 0 saturated carbocycles. The Kier molecular flexibility index (Phi) is 5.18. The zero-order valence-electron chi connectivity index (χ0n) is 12.5. The highest BCUT2D eigenvalue weighted by atomic mass is 16.5. The number of aromatic nitrogens is 2. The molecule has 0 aliphatic heterocycles. The third kappa shape index (κ3) is 3.61. The van der Waals surface area contributed by atoms with E-state index in [-0.39, 0.29) is 6.04 Å². The first-order valence-electron chi connectivity index (χ1n) is 7.09. The van der Waals surface area contributed by atoms with Gasteiger partial charge in [0.25, 0.3) is 0 Å². The van der Waals surface area contributed by atoms with Crippen molar-refractivity contribution in [1.29, 1.82) is 0 Å². The molecule has 4 heteroatoms. The normalized spacial score (nSPS) is 12.3. The van der Waals surface area contributed by atoms with Gasteiger partial charge in [-0.3, -0.25) is 4.68 Å². The van der Waals surface area contributed by atoms with Gasteiger partial charge in [0.05, 0.1) is 13.3 Å². The molecule has 0 radical (unpaired) electrons. The maximum Gasteiger partial charge on any atom is 0.118 e. The number of hydrogen-bond donors (Lipinski definition) is 1. The van der Waals surface area contributed by atoms with E-state index in [0.717, 1.165) is 25.1 Å². The highest BCUT2D eigenvalue weighted by Gasteiger charge is 2.12. The molecule has 1 unspecified atom stereocenters. The number of likely N-dealkylation sites (N-methyl/N-ethyl adjacent to an activating group) is 1. The minimum Gasteiger partial charge on any atom is -0.497 e. The number of ether oxygens (including phenoxy) is 1. The molecule has 2 rings (SSSR count). The number of benzene rings is 1. The quantitative estimate of drug-likeness (QED) is 0.843. The van der Waals surface area contributed by atoms with E-state index >= 15 is 0 Å². The Morgan fingerprint density at radius 2 is 2.05 bits per heavy atom. The summed E-state index contributed by atoms with van der Waals surface area (Å²) in [6.45, 7) is 3.13. The molecule has 1 aromatic heterocycles. The van der Waals surface area contributed by atoms with E-state index in [9.17, 15) is 0 Å². The van der Waals surface area contributed by atoms with Crippen LogP contribution in [0.4, 0.5) is 0 Å². The Bertz CT molecular complexity index is 519. The van der Waals surface area contributed by atoms with Crippen LogP contribution in [0, 0.1) is 0 Å². The van der Waals surface area contributed by atoms with E-state index in [2.05, 4.69) is 35.7 Å². The maximum absolute atomic E-state index is 5.19. The average Bonchev–Trinajstić information content (AvgIpc) is 2.94. The summed E-state index contributed by atoms with van der Waals surface area (Å²) in [5, 5.41) is 7.77. The molecule has 0 aliphatic carbocycles. The fourth-order valence-corrected chi connectivity index (χ4v) is 2.29. The summed E-state index contributed by atoms with van der Waals surface area (Å²) in [7, 11) is 3.68. The van der Waals surface area contributed by atoms with Crippen LogP contribution in [0.2, 0.25) is 0 Å². The van der Waals surface area contributed by atoms with E-state index < -0.39 is 0 Å². The van der Waals surface area contributed by atoms with E-state index in [1.807, 2.05) is 30.1 Å². The van der Waals surface area contributed by atoms with Crippen LogP contribution in [-0.4, -0.2) is 23.9 Å². The lowest BCUT2D eigenvalue weighted by molar-refractivity contribution is 0.414. The molecule has 1 atom stereocenters. The van der Waals surface area contributed by atoms with Gasteiger partial charge < -0.3 is 10.1 Å². The minimum atomic E-state index is 0.286. The summed E-state index contributed by atoms with van der Waals surface area (Å²) in [4.78, 5) is 0. The zero-order valence-corrected chi connectivity index (χ0v) is 12.5. The Labute approximate surface area is 120 Å². The number of methoxy groups -OCH3 is 1. The van der Waals surface area contributed by atoms with Crippen molar-refractivity contribution < 1.29 is 4.74 Å². The Morgan fingerprint density at radius 1 is 1.30 bits per heavy atom. The number of rotatable bonds is 7. The Balaban J connectivity index is 2.06. The van der Waals surface area contributed by atoms with Crippen LogP contribution in [0.1, 0.15) is 30.5 Å². The third-order valence-corrected chi connectivity index (χ3v) is 3.46. The highest BCUT2D eigenvalue weighted by Crippen LogP contribution is 2.19. The molecular formula is C16H23N3O. The van der Waals surface area contributed by atoms with Crippen molar-refractivity contribution in [2.24, 2.45) is 0 Å². The second-order valence-corrected chi connectivity index (χ2v) is 4.93. The van der Waals surface area contributed by atoms with Gasteiger partial charge in [-0.2, -0.15) is 5.10 Å². The molecule has 20 heavy (non-hydrogen) atoms. The van der Waals surface area contributed by atoms with Gasteiger partial charge in [-0.05, 0) is 37.6 Å². The molecule has 0 spiro atoms. The molecule has 0 aliphatic rings. The van der Waals surface area contributed by atoms with Gasteiger partial charge in [-0.1, -0.05) is 19.1 Å². The highest BCUT2D eigenvalue weighted by molar-refractivity contribution is 5.28. The van der Waals surface area contributed by atoms with Gasteiger partial charge in [0.1, 0.15) is 5.75 Å². The van der Waals surface area contributed by atoms with Crippen molar-refractivity contribution in [2.75, 3.05) is 14.2 Å². The van der Waals surface area contributed by atoms with E-state index in [4.69, 9.17) is 4.74 Å². The van der Waals surface area contributed by atoms with E-state index in [0.29, 0.717) is 0 Å². The van der Waals surface area contributed by atoms with Crippen molar-refractivity contribution in [3.05, 3.63) is 47.8 Å². The van der Waals surface area contributed by atoms with Crippen LogP contribution in [0.5, 0.6) is 5.75 Å². The first kappa shape index (κ1) is 14.6. The second-order valence-electron chi connectivity index (χ2n) is 4.93. The van der Waals surface area contributed by atoms with Crippen LogP contribution in [-0.2, 0) is 13.0 Å². The smallest absolute Gasteiger partial charge is 0.118 e. The predicted molar refractivity (Wildman–Crippen MR) is 81.0 cm³/mol. The summed E-state index contributed by atoms with van der Waals surface area (Å²) in [6.07, 6.45) is 6.14. The monoisotopic (exact) mass is 273 g/mol. The van der Waals surface area contributed by atoms with Crippen LogP contribution < -0.4 is 10.1 Å². The molecule has 4 nitrogen and oxygen atoms in total. The number of nitrogens with one attached hydrogen (secondary N) is 1. The Morgan fingerprint density at radius 3 is 2.65 bits per heavy atom.